The van der Waals surface area contributed by atoms with Crippen LogP contribution in [0.4, 0.5) is 0 Å². The van der Waals surface area contributed by atoms with Gasteiger partial charge in [0.15, 0.2) is 17.9 Å². The Morgan fingerprint density at radius 2 is 1.77 bits per heavy atom. The van der Waals surface area contributed by atoms with Crippen molar-refractivity contribution < 1.29 is 53.4 Å². The van der Waals surface area contributed by atoms with Gasteiger partial charge in [-0.25, -0.2) is 14.6 Å². The monoisotopic (exact) mass is 570 g/mol. The van der Waals surface area contributed by atoms with Crippen molar-refractivity contribution in [3.05, 3.63) is 0 Å². The lowest BCUT2D eigenvalue weighted by molar-refractivity contribution is -0.576. The Morgan fingerprint density at radius 1 is 1.02 bits per heavy atom. The molecule has 2 amide bonds. The van der Waals surface area contributed by atoms with Gasteiger partial charge in [-0.2, -0.15) is 0 Å². The van der Waals surface area contributed by atoms with Crippen LogP contribution in [0.5, 0.6) is 0 Å². The average molecular weight is 571 g/mol. The summed E-state index contributed by atoms with van der Waals surface area (Å²) in [6.45, 7) is 7.46. The quantitative estimate of drug-likeness (QED) is 0.160. The molecule has 0 aromatic heterocycles. The van der Waals surface area contributed by atoms with Gasteiger partial charge in [0.2, 0.25) is 23.9 Å². The summed E-state index contributed by atoms with van der Waals surface area (Å²) >= 11 is 0. The highest BCUT2D eigenvalue weighted by atomic mass is 17.3. The van der Waals surface area contributed by atoms with Crippen molar-refractivity contribution in [1.29, 1.82) is 0 Å². The number of hydrogen-bond acceptors (Lipinski definition) is 10. The zero-order chi connectivity index (χ0) is 29.2. The molecule has 40 heavy (non-hydrogen) atoms. The molecule has 4 heterocycles. The molecule has 4 aliphatic heterocycles. The Hall–Kier alpha value is -2.32. The van der Waals surface area contributed by atoms with Gasteiger partial charge in [-0.1, -0.05) is 13.8 Å². The molecule has 5 rings (SSSR count). The van der Waals surface area contributed by atoms with Crippen LogP contribution in [0.15, 0.2) is 0 Å². The second-order valence-corrected chi connectivity index (χ2v) is 11.8. The molecule has 0 aromatic carbocycles. The first-order valence-corrected chi connectivity index (χ1v) is 14.2. The Morgan fingerprint density at radius 3 is 2.48 bits per heavy atom. The number of ether oxygens (including phenoxy) is 3. The van der Waals surface area contributed by atoms with Crippen LogP contribution in [0.25, 0.3) is 0 Å². The number of rotatable bonds is 11. The normalized spacial score (nSPS) is 37.8. The summed E-state index contributed by atoms with van der Waals surface area (Å²) < 4.78 is 18.2. The smallest absolute Gasteiger partial charge is 0.328 e. The van der Waals surface area contributed by atoms with Crippen molar-refractivity contribution in [2.24, 2.45) is 23.7 Å². The fourth-order valence-electron chi connectivity index (χ4n) is 6.61. The highest BCUT2D eigenvalue weighted by molar-refractivity contribution is 5.84. The molecule has 0 radical (unpaired) electrons. The van der Waals surface area contributed by atoms with Gasteiger partial charge in [0.1, 0.15) is 0 Å². The number of carbonyl (C=O) groups excluding carboxylic acids is 3. The largest absolute Gasteiger partial charge is 0.480 e. The van der Waals surface area contributed by atoms with Crippen molar-refractivity contribution in [1.82, 2.24) is 10.6 Å². The van der Waals surface area contributed by atoms with Crippen molar-refractivity contribution in [2.75, 3.05) is 6.54 Å². The summed E-state index contributed by atoms with van der Waals surface area (Å²) in [6, 6.07) is -1.40. The second-order valence-electron chi connectivity index (χ2n) is 11.8. The lowest BCUT2D eigenvalue weighted by Crippen LogP contribution is -2.70. The van der Waals surface area contributed by atoms with Crippen LogP contribution in [-0.2, 0) is 43.2 Å². The maximum absolute atomic E-state index is 12.7. The van der Waals surface area contributed by atoms with E-state index in [0.29, 0.717) is 12.3 Å². The molecule has 1 aliphatic carbocycles. The predicted molar refractivity (Wildman–Crippen MR) is 136 cm³/mol. The lowest BCUT2D eigenvalue weighted by Gasteiger charge is -2.59. The van der Waals surface area contributed by atoms with Gasteiger partial charge in [0.25, 0.3) is 0 Å². The molecule has 5 aliphatic rings. The van der Waals surface area contributed by atoms with E-state index in [2.05, 4.69) is 17.6 Å². The van der Waals surface area contributed by atoms with Crippen LogP contribution in [-0.4, -0.2) is 76.6 Å². The second kappa shape index (κ2) is 12.3. The number of carboxylic acids is 1. The first-order chi connectivity index (χ1) is 18.9. The number of carboxylic acid groups (broad SMARTS) is 1. The maximum atomic E-state index is 12.7. The first kappa shape index (κ1) is 30.6. The van der Waals surface area contributed by atoms with Crippen molar-refractivity contribution >= 4 is 23.8 Å². The molecule has 1 spiro atoms. The zero-order valence-corrected chi connectivity index (χ0v) is 23.6. The van der Waals surface area contributed by atoms with E-state index in [1.165, 1.54) is 6.92 Å². The Labute approximate surface area is 233 Å². The molecule has 2 bridgehead atoms. The minimum Gasteiger partial charge on any atom is -0.480 e. The van der Waals surface area contributed by atoms with Crippen LogP contribution in [0, 0.1) is 23.7 Å². The summed E-state index contributed by atoms with van der Waals surface area (Å²) in [5.74, 6) is -3.30. The number of fused-ring (bicyclic) bond motifs is 2. The third-order valence-corrected chi connectivity index (χ3v) is 8.87. The molecule has 1 saturated carbocycles. The number of nitrogens with one attached hydrogen (secondary N) is 2. The van der Waals surface area contributed by atoms with Gasteiger partial charge in [0.05, 0.1) is 12.5 Å². The summed E-state index contributed by atoms with van der Waals surface area (Å²) in [5.41, 5.74) is -0.752. The Bertz CT molecular complexity index is 976. The number of aliphatic hydroxyl groups is 1. The topological polar surface area (TPSA) is 179 Å². The van der Waals surface area contributed by atoms with Crippen LogP contribution in [0.2, 0.25) is 0 Å². The lowest BCUT2D eigenvalue weighted by atomic mass is 9.58. The highest BCUT2D eigenvalue weighted by Gasteiger charge is 2.69. The van der Waals surface area contributed by atoms with Crippen molar-refractivity contribution in [2.45, 2.75) is 115 Å². The molecule has 226 valence electrons. The average Bonchev–Trinajstić information content (AvgIpc) is 3.12. The van der Waals surface area contributed by atoms with Gasteiger partial charge >= 0.3 is 11.9 Å². The predicted octanol–water partition coefficient (Wildman–Crippen LogP) is 1.36. The molecule has 0 aromatic rings. The maximum Gasteiger partial charge on any atom is 0.328 e. The number of hydrogen-bond donors (Lipinski definition) is 4. The van der Waals surface area contributed by atoms with E-state index in [1.807, 2.05) is 13.8 Å². The Kier molecular flexibility index (Phi) is 9.40. The summed E-state index contributed by atoms with van der Waals surface area (Å²) in [5, 5.41) is 23.3. The van der Waals surface area contributed by atoms with Crippen molar-refractivity contribution in [3.63, 3.8) is 0 Å². The fraction of sp³-hybridized carbons (Fsp3) is 0.852. The molecule has 5 fully saturated rings. The van der Waals surface area contributed by atoms with Gasteiger partial charge in [-0.05, 0) is 51.4 Å². The molecule has 4 N–H and O–H groups in total. The molecule has 13 nitrogen and oxygen atoms in total. The molecule has 0 unspecified atom stereocenters. The molecule has 10 atom stereocenters. The third-order valence-electron chi connectivity index (χ3n) is 8.87. The van der Waals surface area contributed by atoms with Gasteiger partial charge in [0, 0.05) is 37.6 Å². The number of carbonyl (C=O) groups is 4. The van der Waals surface area contributed by atoms with Crippen LogP contribution >= 0.6 is 0 Å². The van der Waals surface area contributed by atoms with Gasteiger partial charge in [-0.15, -0.1) is 0 Å². The SMILES string of the molecule is C[C@@H]1[C@@H](OC(=O)CCC(=O)NCCCC(=O)N[C@@H](C(=O)O)[C@H](C)O)O[C@H]2O[C@@]3(C)CC[C@H]4[C@H](C)CC[C@H]1[C@]24OO3. The molecular weight excluding hydrogens is 528 g/mol. The van der Waals surface area contributed by atoms with E-state index < -0.39 is 54.0 Å². The first-order valence-electron chi connectivity index (χ1n) is 14.2. The van der Waals surface area contributed by atoms with Crippen LogP contribution in [0.3, 0.4) is 0 Å². The number of aliphatic carboxylic acids is 1. The number of aliphatic hydroxyl groups excluding tert-OH is 1. The standard InChI is InChI=1S/C27H42N2O11/c1-14-7-8-18-15(2)24(37-25-27(18)17(14)11-12-26(4,38-25)39-40-27)36-21(33)10-9-19(31)28-13-5-6-20(32)29-22(16(3)30)23(34)35/h14-18,22,24-25,30H,5-13H2,1-4H3,(H,28,31)(H,29,32)(H,34,35)/t14-,15+,16+,17+,18-,22-,24+,25+,26-,27+/m1/s1. The van der Waals surface area contributed by atoms with E-state index in [-0.39, 0.29) is 55.9 Å². The highest BCUT2D eigenvalue weighted by Crippen LogP contribution is 2.60. The summed E-state index contributed by atoms with van der Waals surface area (Å²) in [4.78, 5) is 59.7. The van der Waals surface area contributed by atoms with Crippen LogP contribution < -0.4 is 10.6 Å². The van der Waals surface area contributed by atoms with Crippen LogP contribution in [0.1, 0.15) is 79.1 Å². The summed E-state index contributed by atoms with van der Waals surface area (Å²) in [7, 11) is 0. The van der Waals surface area contributed by atoms with Gasteiger partial charge in [-0.3, -0.25) is 14.4 Å². The molecular formula is C27H42N2O11. The fourth-order valence-corrected chi connectivity index (χ4v) is 6.61. The van der Waals surface area contributed by atoms with Gasteiger partial charge < -0.3 is 35.1 Å². The van der Waals surface area contributed by atoms with E-state index in [9.17, 15) is 24.3 Å². The number of amides is 2. The summed E-state index contributed by atoms with van der Waals surface area (Å²) in [6.07, 6.45) is 0.639. The number of esters is 1. The minimum absolute atomic E-state index is 0.0137. The van der Waals surface area contributed by atoms with E-state index in [4.69, 9.17) is 29.1 Å². The Balaban J connectivity index is 1.22. The van der Waals surface area contributed by atoms with E-state index in [1.54, 1.807) is 0 Å². The molecule has 4 saturated heterocycles. The molecule has 13 heteroatoms. The van der Waals surface area contributed by atoms with E-state index in [0.717, 1.165) is 19.3 Å². The van der Waals surface area contributed by atoms with Crippen molar-refractivity contribution in [3.8, 4) is 0 Å². The third kappa shape index (κ3) is 6.28. The van der Waals surface area contributed by atoms with E-state index >= 15 is 0 Å². The zero-order valence-electron chi connectivity index (χ0n) is 23.6. The minimum atomic E-state index is -1.40.